The van der Waals surface area contributed by atoms with Crippen LogP contribution in [0, 0.1) is 0 Å². The van der Waals surface area contributed by atoms with Gasteiger partial charge in [-0.15, -0.1) is 0 Å². The molecule has 7 heteroatoms. The van der Waals surface area contributed by atoms with Gasteiger partial charge in [0.05, 0.1) is 19.8 Å². The highest BCUT2D eigenvalue weighted by Crippen LogP contribution is 2.05. The number of nitrogens with zero attached hydrogens (tertiary/aromatic N) is 1. The molecule has 0 aliphatic heterocycles. The molecule has 0 spiro atoms. The predicted octanol–water partition coefficient (Wildman–Crippen LogP) is -1.53. The Morgan fingerprint density at radius 2 is 1.38 bits per heavy atom. The van der Waals surface area contributed by atoms with Crippen LogP contribution in [-0.2, 0) is 4.74 Å². The summed E-state index contributed by atoms with van der Waals surface area (Å²) in [5, 5.41) is 35.1. The molecule has 0 bridgehead atoms. The van der Waals surface area contributed by atoms with Gasteiger partial charge in [0.25, 0.3) is 0 Å². The van der Waals surface area contributed by atoms with E-state index in [2.05, 4.69) is 4.74 Å². The molecule has 0 heterocycles. The highest BCUT2D eigenvalue weighted by molar-refractivity contribution is 5.56. The minimum Gasteiger partial charge on any atom is -0.450 e. The predicted molar refractivity (Wildman–Crippen MR) is 55.0 cm³/mol. The zero-order valence-corrected chi connectivity index (χ0v) is 9.21. The van der Waals surface area contributed by atoms with E-state index >= 15 is 0 Å². The van der Waals surface area contributed by atoms with Gasteiger partial charge in [-0.05, 0) is 0 Å². The standard InChI is InChI=1S/C9H19NO6/c11-5-1-10(2-6-12,3-7-13)4-8-16-9(14)15/h11-13H,1-8H2/p+1. The topological polar surface area (TPSA) is 107 Å². The van der Waals surface area contributed by atoms with Crippen molar-refractivity contribution in [3.8, 4) is 0 Å². The summed E-state index contributed by atoms with van der Waals surface area (Å²) in [6, 6.07) is 0. The summed E-state index contributed by atoms with van der Waals surface area (Å²) < 4.78 is 4.64. The monoisotopic (exact) mass is 238 g/mol. The van der Waals surface area contributed by atoms with Crippen molar-refractivity contribution >= 4 is 6.16 Å². The third-order valence-electron chi connectivity index (χ3n) is 2.51. The first-order valence-corrected chi connectivity index (χ1v) is 5.13. The summed E-state index contributed by atoms with van der Waals surface area (Å²) in [5.74, 6) is 0. The molecule has 16 heavy (non-hydrogen) atoms. The maximum absolute atomic E-state index is 10.2. The molecule has 0 saturated heterocycles. The molecule has 0 amide bonds. The zero-order valence-electron chi connectivity index (χ0n) is 9.21. The van der Waals surface area contributed by atoms with Crippen molar-refractivity contribution in [2.45, 2.75) is 0 Å². The largest absolute Gasteiger partial charge is 0.505 e. The van der Waals surface area contributed by atoms with Crippen molar-refractivity contribution in [1.29, 1.82) is 0 Å². The third-order valence-corrected chi connectivity index (χ3v) is 2.51. The molecule has 0 aliphatic rings. The second-order valence-corrected chi connectivity index (χ2v) is 3.52. The number of quaternary nitrogens is 1. The molecule has 0 aromatic carbocycles. The molecular formula is C9H20NO6+. The Morgan fingerprint density at radius 1 is 0.938 bits per heavy atom. The molecule has 0 rings (SSSR count). The summed E-state index contributed by atoms with van der Waals surface area (Å²) in [7, 11) is 0. The van der Waals surface area contributed by atoms with E-state index in [9.17, 15) is 4.79 Å². The van der Waals surface area contributed by atoms with Gasteiger partial charge >= 0.3 is 6.16 Å². The van der Waals surface area contributed by atoms with E-state index in [0.717, 1.165) is 0 Å². The number of aliphatic hydroxyl groups excluding tert-OH is 3. The van der Waals surface area contributed by atoms with Crippen LogP contribution in [0.5, 0.6) is 0 Å². The third kappa shape index (κ3) is 5.86. The van der Waals surface area contributed by atoms with Crippen LogP contribution < -0.4 is 0 Å². The normalized spacial score (nSPS) is 11.4. The van der Waals surface area contributed by atoms with Gasteiger partial charge in [0.15, 0.2) is 0 Å². The van der Waals surface area contributed by atoms with E-state index in [0.29, 0.717) is 26.2 Å². The smallest absolute Gasteiger partial charge is 0.450 e. The first kappa shape index (κ1) is 15.1. The Hall–Kier alpha value is -0.890. The molecule has 0 unspecified atom stereocenters. The lowest BCUT2D eigenvalue weighted by atomic mass is 10.3. The van der Waals surface area contributed by atoms with Crippen LogP contribution >= 0.6 is 0 Å². The molecule has 7 nitrogen and oxygen atoms in total. The van der Waals surface area contributed by atoms with E-state index in [1.165, 1.54) is 0 Å². The summed E-state index contributed by atoms with van der Waals surface area (Å²) in [6.07, 6.45) is -1.35. The Labute approximate surface area is 94.1 Å². The van der Waals surface area contributed by atoms with Gasteiger partial charge in [0, 0.05) is 0 Å². The first-order chi connectivity index (χ1) is 7.60. The fourth-order valence-corrected chi connectivity index (χ4v) is 1.63. The second kappa shape index (κ2) is 8.28. The van der Waals surface area contributed by atoms with Crippen LogP contribution in [0.4, 0.5) is 4.79 Å². The lowest BCUT2D eigenvalue weighted by molar-refractivity contribution is -0.929. The number of aliphatic hydroxyl groups is 3. The molecule has 4 N–H and O–H groups in total. The molecule has 96 valence electrons. The van der Waals surface area contributed by atoms with E-state index in [-0.39, 0.29) is 30.9 Å². The van der Waals surface area contributed by atoms with Crippen molar-refractivity contribution in [2.24, 2.45) is 0 Å². The molecule has 0 aromatic heterocycles. The van der Waals surface area contributed by atoms with E-state index in [4.69, 9.17) is 20.4 Å². The molecule has 0 fully saturated rings. The van der Waals surface area contributed by atoms with E-state index in [1.54, 1.807) is 0 Å². The van der Waals surface area contributed by atoms with Gasteiger partial charge in [-0.25, -0.2) is 4.79 Å². The number of ether oxygens (including phenoxy) is 1. The van der Waals surface area contributed by atoms with Crippen molar-refractivity contribution in [3.05, 3.63) is 0 Å². The Kier molecular flexibility index (Phi) is 7.82. The maximum Gasteiger partial charge on any atom is 0.505 e. The molecule has 0 aromatic rings. The van der Waals surface area contributed by atoms with Gasteiger partial charge < -0.3 is 29.6 Å². The van der Waals surface area contributed by atoms with Gasteiger partial charge in [0.2, 0.25) is 0 Å². The van der Waals surface area contributed by atoms with Crippen LogP contribution in [0.25, 0.3) is 0 Å². The average molecular weight is 238 g/mol. The second-order valence-electron chi connectivity index (χ2n) is 3.52. The van der Waals surface area contributed by atoms with Gasteiger partial charge in [-0.2, -0.15) is 0 Å². The van der Waals surface area contributed by atoms with Crippen LogP contribution in [-0.4, -0.2) is 83.7 Å². The van der Waals surface area contributed by atoms with Crippen LogP contribution in [0.1, 0.15) is 0 Å². The van der Waals surface area contributed by atoms with Crippen LogP contribution in [0.15, 0.2) is 0 Å². The van der Waals surface area contributed by atoms with Crippen molar-refractivity contribution in [1.82, 2.24) is 0 Å². The number of carbonyl (C=O) groups is 1. The summed E-state index contributed by atoms with van der Waals surface area (Å²) in [4.78, 5) is 10.2. The quantitative estimate of drug-likeness (QED) is 0.287. The summed E-state index contributed by atoms with van der Waals surface area (Å²) in [6.45, 7) is 1.09. The lowest BCUT2D eigenvalue weighted by Crippen LogP contribution is -2.55. The van der Waals surface area contributed by atoms with Gasteiger partial charge in [-0.1, -0.05) is 0 Å². The van der Waals surface area contributed by atoms with E-state index in [1.807, 2.05) is 0 Å². The fourth-order valence-electron chi connectivity index (χ4n) is 1.63. The maximum atomic E-state index is 10.2. The number of rotatable bonds is 9. The van der Waals surface area contributed by atoms with Crippen molar-refractivity contribution in [2.75, 3.05) is 52.6 Å². The van der Waals surface area contributed by atoms with Gasteiger partial charge in [-0.3, -0.25) is 0 Å². The Morgan fingerprint density at radius 3 is 1.69 bits per heavy atom. The minimum absolute atomic E-state index is 0.0185. The van der Waals surface area contributed by atoms with Crippen molar-refractivity contribution < 1.29 is 34.4 Å². The van der Waals surface area contributed by atoms with Crippen molar-refractivity contribution in [3.63, 3.8) is 0 Å². The number of hydrogen-bond acceptors (Lipinski definition) is 5. The summed E-state index contributed by atoms with van der Waals surface area (Å²) >= 11 is 0. The molecule has 0 aliphatic carbocycles. The molecule has 0 saturated carbocycles. The SMILES string of the molecule is O=C(O)OCC[N+](CCO)(CCO)CCO. The number of hydrogen-bond donors (Lipinski definition) is 4. The fraction of sp³-hybridized carbons (Fsp3) is 0.889. The molecule has 0 radical (unpaired) electrons. The lowest BCUT2D eigenvalue weighted by Gasteiger charge is -2.36. The highest BCUT2D eigenvalue weighted by Gasteiger charge is 2.26. The zero-order chi connectivity index (χ0) is 12.4. The Bertz CT molecular complexity index is 181. The van der Waals surface area contributed by atoms with E-state index < -0.39 is 6.16 Å². The minimum atomic E-state index is -1.35. The summed E-state index contributed by atoms with van der Waals surface area (Å²) in [5.41, 5.74) is 0. The van der Waals surface area contributed by atoms with Gasteiger partial charge in [0.1, 0.15) is 32.8 Å². The highest BCUT2D eigenvalue weighted by atomic mass is 16.7. The average Bonchev–Trinajstić information content (AvgIpc) is 2.18. The van der Waals surface area contributed by atoms with Crippen LogP contribution in [0.2, 0.25) is 0 Å². The van der Waals surface area contributed by atoms with Crippen LogP contribution in [0.3, 0.4) is 0 Å². The molecule has 0 atom stereocenters. The Balaban J connectivity index is 4.28. The first-order valence-electron chi connectivity index (χ1n) is 5.13. The molecular weight excluding hydrogens is 218 g/mol. The number of carboxylic acid groups (broad SMARTS) is 1.